The molecule has 3 aromatic heterocycles. The average molecular weight is 511 g/mol. The van der Waals surface area contributed by atoms with Gasteiger partial charge in [0.05, 0.1) is 49.4 Å². The second-order valence-electron chi connectivity index (χ2n) is 8.73. The fraction of sp³-hybridized carbons (Fsp3) is 0.375. The van der Waals surface area contributed by atoms with Crippen molar-refractivity contribution >= 4 is 40.9 Å². The number of ether oxygens (including phenoxy) is 2. The molecule has 11 nitrogen and oxygen atoms in total. The zero-order valence-electron chi connectivity index (χ0n) is 20.3. The van der Waals surface area contributed by atoms with E-state index in [1.165, 1.54) is 4.90 Å². The van der Waals surface area contributed by atoms with Gasteiger partial charge >= 0.3 is 0 Å². The average Bonchev–Trinajstić information content (AvgIpc) is 3.39. The van der Waals surface area contributed by atoms with Gasteiger partial charge in [-0.3, -0.25) is 19.6 Å². The number of aryl methyl sites for hydroxylation is 1. The predicted molar refractivity (Wildman–Crippen MR) is 135 cm³/mol. The van der Waals surface area contributed by atoms with Gasteiger partial charge in [-0.2, -0.15) is 4.98 Å². The summed E-state index contributed by atoms with van der Waals surface area (Å²) in [5.74, 6) is 1.29. The molecular weight excluding hydrogens is 484 g/mol. The molecule has 3 N–H and O–H groups in total. The first kappa shape index (κ1) is 24.2. The number of nitrogens with two attached hydrogens (primary N) is 1. The number of aromatic nitrogens is 5. The fourth-order valence-electron chi connectivity index (χ4n) is 4.53. The van der Waals surface area contributed by atoms with Gasteiger partial charge in [-0.05, 0) is 19.9 Å². The molecule has 0 radical (unpaired) electrons. The number of amides is 1. The molecule has 5 heterocycles. The second kappa shape index (κ2) is 9.84. The van der Waals surface area contributed by atoms with Crippen molar-refractivity contribution in [3.8, 4) is 5.75 Å². The van der Waals surface area contributed by atoms with Crippen LogP contribution in [0.5, 0.6) is 5.75 Å². The van der Waals surface area contributed by atoms with E-state index in [0.717, 1.165) is 35.7 Å². The number of nitrogens with zero attached hydrogens (tertiary/aromatic N) is 6. The Hall–Kier alpha value is -3.54. The van der Waals surface area contributed by atoms with Gasteiger partial charge in [0.1, 0.15) is 16.7 Å². The van der Waals surface area contributed by atoms with Crippen LogP contribution in [0.15, 0.2) is 12.4 Å². The van der Waals surface area contributed by atoms with E-state index in [4.69, 9.17) is 26.8 Å². The number of carbonyl (C=O) groups excluding carboxylic acids is 1. The highest BCUT2D eigenvalue weighted by Gasteiger charge is 2.37. The third-order valence-electron chi connectivity index (χ3n) is 6.34. The summed E-state index contributed by atoms with van der Waals surface area (Å²) in [5.41, 5.74) is 9.94. The quantitative estimate of drug-likeness (QED) is 0.378. The number of hydrogen-bond acceptors (Lipinski definition) is 9. The minimum Gasteiger partial charge on any atom is -0.496 e. The highest BCUT2D eigenvalue weighted by Crippen LogP contribution is 2.41. The van der Waals surface area contributed by atoms with Gasteiger partial charge in [0, 0.05) is 43.2 Å². The molecule has 36 heavy (non-hydrogen) atoms. The Kier molecular flexibility index (Phi) is 6.61. The van der Waals surface area contributed by atoms with Gasteiger partial charge in [-0.15, -0.1) is 0 Å². The van der Waals surface area contributed by atoms with Crippen molar-refractivity contribution in [2.45, 2.75) is 26.9 Å². The summed E-state index contributed by atoms with van der Waals surface area (Å²) in [7, 11) is 1.61. The van der Waals surface area contributed by atoms with E-state index in [2.05, 4.69) is 29.8 Å². The van der Waals surface area contributed by atoms with Crippen LogP contribution in [0.3, 0.4) is 0 Å². The molecule has 1 saturated heterocycles. The largest absolute Gasteiger partial charge is 0.496 e. The van der Waals surface area contributed by atoms with Crippen LogP contribution in [-0.2, 0) is 22.6 Å². The molecule has 0 aliphatic carbocycles. The third kappa shape index (κ3) is 4.52. The van der Waals surface area contributed by atoms with Crippen molar-refractivity contribution in [3.05, 3.63) is 51.4 Å². The van der Waals surface area contributed by atoms with E-state index in [1.807, 2.05) is 20.0 Å². The second-order valence-corrected chi connectivity index (χ2v) is 9.09. The zero-order chi connectivity index (χ0) is 25.4. The van der Waals surface area contributed by atoms with Gasteiger partial charge in [-0.25, -0.2) is 9.97 Å². The number of nitrogens with one attached hydrogen (secondary N) is 1. The number of aromatic amines is 1. The Bertz CT molecular complexity index is 1350. The Balaban J connectivity index is 1.48. The number of pyridine rings is 1. The first-order valence-corrected chi connectivity index (χ1v) is 11.9. The number of anilines is 2. The Morgan fingerprint density at radius 2 is 2.00 bits per heavy atom. The van der Waals surface area contributed by atoms with Crippen molar-refractivity contribution in [2.24, 2.45) is 0 Å². The molecule has 0 atom stereocenters. The number of imidazole rings is 1. The summed E-state index contributed by atoms with van der Waals surface area (Å²) < 4.78 is 10.9. The van der Waals surface area contributed by atoms with Gasteiger partial charge in [-0.1, -0.05) is 11.6 Å². The number of methoxy groups -OCH3 is 1. The molecule has 2 aliphatic rings. The van der Waals surface area contributed by atoms with Gasteiger partial charge < -0.3 is 20.2 Å². The molecule has 0 bridgehead atoms. The number of nitrogen functional groups attached to an aromatic ring is 1. The summed E-state index contributed by atoms with van der Waals surface area (Å²) in [6.45, 7) is 7.83. The first-order valence-electron chi connectivity index (χ1n) is 11.6. The van der Waals surface area contributed by atoms with E-state index < -0.39 is 0 Å². The number of halogens is 1. The van der Waals surface area contributed by atoms with Crippen LogP contribution in [0.2, 0.25) is 5.15 Å². The topological polar surface area (TPSA) is 135 Å². The molecule has 1 fully saturated rings. The maximum absolute atomic E-state index is 13.7. The molecule has 188 valence electrons. The molecular formula is C24H27ClN8O3. The molecule has 0 saturated carbocycles. The lowest BCUT2D eigenvalue weighted by atomic mass is 10.1. The zero-order valence-corrected chi connectivity index (χ0v) is 21.1. The van der Waals surface area contributed by atoms with Gasteiger partial charge in [0.15, 0.2) is 5.82 Å². The van der Waals surface area contributed by atoms with Gasteiger partial charge in [0.2, 0.25) is 5.95 Å². The maximum atomic E-state index is 13.7. The molecule has 2 aliphatic heterocycles. The molecule has 0 spiro atoms. The van der Waals surface area contributed by atoms with Crippen LogP contribution in [0.1, 0.15) is 33.9 Å². The van der Waals surface area contributed by atoms with Crippen molar-refractivity contribution in [2.75, 3.05) is 44.0 Å². The maximum Gasteiger partial charge on any atom is 0.260 e. The standard InChI is InChI=1S/C24H27ClN8O3/c1-13-9-27-17(14(2)20(13)35-3)12-33-22-19(21(25)30-24(26)31-22)16(23(33)34)8-18-28-10-15(29-18)11-32-4-6-36-7-5-32/h8-10H,4-7,11-12H2,1-3H3,(H,28,29)(H2,26,30,31)/b16-8-. The van der Waals surface area contributed by atoms with E-state index in [1.54, 1.807) is 19.4 Å². The van der Waals surface area contributed by atoms with Crippen LogP contribution < -0.4 is 15.4 Å². The predicted octanol–water partition coefficient (Wildman–Crippen LogP) is 2.38. The van der Waals surface area contributed by atoms with Crippen LogP contribution >= 0.6 is 11.6 Å². The normalized spacial score (nSPS) is 17.2. The molecule has 3 aromatic rings. The number of hydrogen-bond donors (Lipinski definition) is 2. The summed E-state index contributed by atoms with van der Waals surface area (Å²) in [6, 6.07) is 0. The SMILES string of the molecule is COc1c(C)cnc(CN2C(=O)/C(=C\c3nc(CN4CCOCC4)c[nH]3)c3c(Cl)nc(N)nc32)c1C. The van der Waals surface area contributed by atoms with E-state index >= 15 is 0 Å². The summed E-state index contributed by atoms with van der Waals surface area (Å²) in [5, 5.41) is 0.103. The third-order valence-corrected chi connectivity index (χ3v) is 6.62. The summed E-state index contributed by atoms with van der Waals surface area (Å²) in [6.07, 6.45) is 5.23. The van der Waals surface area contributed by atoms with Crippen molar-refractivity contribution in [3.63, 3.8) is 0 Å². The van der Waals surface area contributed by atoms with Gasteiger partial charge in [0.25, 0.3) is 5.91 Å². The molecule has 12 heteroatoms. The Morgan fingerprint density at radius 1 is 1.22 bits per heavy atom. The van der Waals surface area contributed by atoms with Crippen molar-refractivity contribution in [1.82, 2.24) is 29.8 Å². The number of H-pyrrole nitrogens is 1. The highest BCUT2D eigenvalue weighted by molar-refractivity contribution is 6.41. The van der Waals surface area contributed by atoms with E-state index in [-0.39, 0.29) is 23.6 Å². The van der Waals surface area contributed by atoms with E-state index in [0.29, 0.717) is 48.2 Å². The lowest BCUT2D eigenvalue weighted by molar-refractivity contribution is -0.113. The Morgan fingerprint density at radius 3 is 2.75 bits per heavy atom. The minimum atomic E-state index is -0.293. The minimum absolute atomic E-state index is 0.0187. The number of rotatable bonds is 6. The molecule has 1 amide bonds. The van der Waals surface area contributed by atoms with Crippen LogP contribution in [0, 0.1) is 13.8 Å². The number of morpholine rings is 1. The van der Waals surface area contributed by atoms with Crippen LogP contribution in [-0.4, -0.2) is 69.1 Å². The number of carbonyl (C=O) groups is 1. The molecule has 5 rings (SSSR count). The van der Waals surface area contributed by atoms with Crippen LogP contribution in [0.4, 0.5) is 11.8 Å². The monoisotopic (exact) mass is 510 g/mol. The highest BCUT2D eigenvalue weighted by atomic mass is 35.5. The number of fused-ring (bicyclic) bond motifs is 1. The van der Waals surface area contributed by atoms with Crippen molar-refractivity contribution < 1.29 is 14.3 Å². The summed E-state index contributed by atoms with van der Waals surface area (Å²) in [4.78, 5) is 38.2. The first-order chi connectivity index (χ1) is 17.4. The fourth-order valence-corrected chi connectivity index (χ4v) is 4.80. The lowest BCUT2D eigenvalue weighted by Gasteiger charge is -2.25. The van der Waals surface area contributed by atoms with Crippen molar-refractivity contribution in [1.29, 1.82) is 0 Å². The smallest absolute Gasteiger partial charge is 0.260 e. The van der Waals surface area contributed by atoms with Crippen LogP contribution in [0.25, 0.3) is 11.6 Å². The van der Waals surface area contributed by atoms with E-state index in [9.17, 15) is 4.79 Å². The summed E-state index contributed by atoms with van der Waals surface area (Å²) >= 11 is 6.47. The molecule has 0 aromatic carbocycles. The Labute approximate surface area is 213 Å². The molecule has 0 unspecified atom stereocenters. The lowest BCUT2D eigenvalue weighted by Crippen LogP contribution is -2.35.